The van der Waals surface area contributed by atoms with Crippen LogP contribution in [0.3, 0.4) is 0 Å². The van der Waals surface area contributed by atoms with E-state index in [0.29, 0.717) is 16.8 Å². The van der Waals surface area contributed by atoms with Crippen LogP contribution in [0.2, 0.25) is 0 Å². The van der Waals surface area contributed by atoms with E-state index in [1.807, 2.05) is 30.3 Å². The second kappa shape index (κ2) is 8.79. The summed E-state index contributed by atoms with van der Waals surface area (Å²) in [7, 11) is -3.34. The standard InChI is InChI=1S/C24H27N5O2S2/c1-33(30,31)27-17-11-13-19(14-12-17)29-23(21-10-6-16-28(21)18-7-2-3-8-18)22(26-24(29)32)20-9-4-5-15-25-20/h4-6,9-16,18,22-23,27H,2-3,7-8H2,1H3,(H,26,32)/t22-,23+/m1/s1. The monoisotopic (exact) mass is 481 g/mol. The molecule has 9 heteroatoms. The Kier molecular flexibility index (Phi) is 5.84. The molecule has 33 heavy (non-hydrogen) atoms. The Bertz CT molecular complexity index is 1240. The number of thiocarbonyl (C=S) groups is 1. The van der Waals surface area contributed by atoms with Gasteiger partial charge in [0.15, 0.2) is 5.11 Å². The van der Waals surface area contributed by atoms with E-state index in [9.17, 15) is 8.42 Å². The van der Waals surface area contributed by atoms with Crippen LogP contribution in [0.25, 0.3) is 0 Å². The Labute approximate surface area is 199 Å². The van der Waals surface area contributed by atoms with Gasteiger partial charge in [0.25, 0.3) is 0 Å². The molecule has 2 N–H and O–H groups in total. The number of nitrogens with one attached hydrogen (secondary N) is 2. The highest BCUT2D eigenvalue weighted by molar-refractivity contribution is 7.92. The first-order valence-corrected chi connectivity index (χ1v) is 13.5. The molecule has 0 radical (unpaired) electrons. The zero-order valence-electron chi connectivity index (χ0n) is 18.4. The second-order valence-electron chi connectivity index (χ2n) is 8.70. The molecule has 0 spiro atoms. The van der Waals surface area contributed by atoms with E-state index >= 15 is 0 Å². The highest BCUT2D eigenvalue weighted by Gasteiger charge is 2.42. The third kappa shape index (κ3) is 4.47. The molecule has 3 heterocycles. The Balaban J connectivity index is 1.56. The Morgan fingerprint density at radius 2 is 1.82 bits per heavy atom. The molecule has 7 nitrogen and oxygen atoms in total. The second-order valence-corrected chi connectivity index (χ2v) is 10.8. The van der Waals surface area contributed by atoms with Gasteiger partial charge in [0.1, 0.15) is 6.04 Å². The minimum Gasteiger partial charge on any atom is -0.351 e. The van der Waals surface area contributed by atoms with Crippen LogP contribution in [0.15, 0.2) is 67.0 Å². The molecule has 0 bridgehead atoms. The third-order valence-electron chi connectivity index (χ3n) is 6.38. The summed E-state index contributed by atoms with van der Waals surface area (Å²) in [4.78, 5) is 6.75. The Morgan fingerprint density at radius 3 is 2.48 bits per heavy atom. The first-order valence-electron chi connectivity index (χ1n) is 11.2. The molecule has 1 aromatic carbocycles. The van der Waals surface area contributed by atoms with Crippen LogP contribution in [-0.4, -0.2) is 29.3 Å². The molecule has 2 aromatic heterocycles. The van der Waals surface area contributed by atoms with Gasteiger partial charge in [-0.2, -0.15) is 0 Å². The van der Waals surface area contributed by atoms with Crippen molar-refractivity contribution in [2.45, 2.75) is 43.8 Å². The zero-order valence-corrected chi connectivity index (χ0v) is 20.0. The quantitative estimate of drug-likeness (QED) is 0.503. The number of pyridine rings is 1. The van der Waals surface area contributed by atoms with Gasteiger partial charge in [-0.3, -0.25) is 9.71 Å². The SMILES string of the molecule is CS(=O)(=O)Nc1ccc(N2C(=S)N[C@H](c3ccccn3)[C@@H]2c2cccn2C2CCCC2)cc1. The molecule has 0 amide bonds. The van der Waals surface area contributed by atoms with Crippen LogP contribution < -0.4 is 14.9 Å². The Hall–Kier alpha value is -2.91. The first kappa shape index (κ1) is 21.9. The lowest BCUT2D eigenvalue weighted by molar-refractivity contribution is 0.461. The summed E-state index contributed by atoms with van der Waals surface area (Å²) in [6, 6.07) is 17.9. The summed E-state index contributed by atoms with van der Waals surface area (Å²) < 4.78 is 28.1. The normalized spacial score (nSPS) is 21.4. The summed E-state index contributed by atoms with van der Waals surface area (Å²) in [5.41, 5.74) is 3.55. The molecular formula is C24H27N5O2S2. The van der Waals surface area contributed by atoms with Crippen LogP contribution in [0.5, 0.6) is 0 Å². The van der Waals surface area contributed by atoms with Crippen LogP contribution in [0, 0.1) is 0 Å². The topological polar surface area (TPSA) is 79.3 Å². The van der Waals surface area contributed by atoms with Crippen LogP contribution in [-0.2, 0) is 10.0 Å². The van der Waals surface area contributed by atoms with Gasteiger partial charge in [0.2, 0.25) is 10.0 Å². The molecule has 2 aliphatic rings. The average molecular weight is 482 g/mol. The zero-order chi connectivity index (χ0) is 23.0. The lowest BCUT2D eigenvalue weighted by atomic mass is 10.00. The number of nitrogens with zero attached hydrogens (tertiary/aromatic N) is 3. The van der Waals surface area contributed by atoms with E-state index in [1.165, 1.54) is 31.4 Å². The largest absolute Gasteiger partial charge is 0.351 e. The average Bonchev–Trinajstić information content (AvgIpc) is 3.53. The number of anilines is 2. The van der Waals surface area contributed by atoms with Crippen LogP contribution in [0.1, 0.15) is 55.2 Å². The predicted octanol–water partition coefficient (Wildman–Crippen LogP) is 4.55. The van der Waals surface area contributed by atoms with E-state index in [-0.39, 0.29) is 12.1 Å². The smallest absolute Gasteiger partial charge is 0.229 e. The highest BCUT2D eigenvalue weighted by atomic mass is 32.2. The van der Waals surface area contributed by atoms with Crippen molar-refractivity contribution in [3.63, 3.8) is 0 Å². The number of benzene rings is 1. The molecule has 3 aromatic rings. The molecule has 172 valence electrons. The van der Waals surface area contributed by atoms with Gasteiger partial charge in [-0.25, -0.2) is 8.42 Å². The van der Waals surface area contributed by atoms with Crippen molar-refractivity contribution in [3.05, 3.63) is 78.4 Å². The predicted molar refractivity (Wildman–Crippen MR) is 135 cm³/mol. The van der Waals surface area contributed by atoms with Crippen molar-refractivity contribution in [1.29, 1.82) is 0 Å². The van der Waals surface area contributed by atoms with E-state index in [0.717, 1.165) is 17.6 Å². The van der Waals surface area contributed by atoms with E-state index in [4.69, 9.17) is 12.2 Å². The molecule has 1 aliphatic carbocycles. The lowest BCUT2D eigenvalue weighted by Crippen LogP contribution is -2.30. The van der Waals surface area contributed by atoms with Crippen molar-refractivity contribution in [1.82, 2.24) is 14.9 Å². The van der Waals surface area contributed by atoms with Gasteiger partial charge < -0.3 is 14.8 Å². The molecular weight excluding hydrogens is 454 g/mol. The number of rotatable bonds is 6. The lowest BCUT2D eigenvalue weighted by Gasteiger charge is -2.30. The molecule has 0 unspecified atom stereocenters. The van der Waals surface area contributed by atoms with Crippen LogP contribution >= 0.6 is 12.2 Å². The van der Waals surface area contributed by atoms with E-state index < -0.39 is 10.0 Å². The van der Waals surface area contributed by atoms with Crippen molar-refractivity contribution >= 4 is 38.7 Å². The van der Waals surface area contributed by atoms with Gasteiger partial charge >= 0.3 is 0 Å². The van der Waals surface area contributed by atoms with Gasteiger partial charge in [-0.1, -0.05) is 18.9 Å². The number of sulfonamides is 1. The molecule has 1 saturated carbocycles. The maximum atomic E-state index is 11.6. The summed E-state index contributed by atoms with van der Waals surface area (Å²) in [5.74, 6) is 0. The van der Waals surface area contributed by atoms with Gasteiger partial charge in [0, 0.05) is 35.5 Å². The van der Waals surface area contributed by atoms with Crippen molar-refractivity contribution in [2.75, 3.05) is 15.9 Å². The summed E-state index contributed by atoms with van der Waals surface area (Å²) in [6.45, 7) is 0. The summed E-state index contributed by atoms with van der Waals surface area (Å²) in [5, 5.41) is 4.12. The van der Waals surface area contributed by atoms with E-state index in [1.54, 1.807) is 18.3 Å². The van der Waals surface area contributed by atoms with Crippen molar-refractivity contribution in [3.8, 4) is 0 Å². The minimum absolute atomic E-state index is 0.0864. The molecule has 5 rings (SSSR count). The van der Waals surface area contributed by atoms with Gasteiger partial charge in [-0.05, 0) is 73.6 Å². The minimum atomic E-state index is -3.34. The van der Waals surface area contributed by atoms with Crippen molar-refractivity contribution in [2.24, 2.45) is 0 Å². The molecule has 2 atom stereocenters. The Morgan fingerprint density at radius 1 is 1.06 bits per heavy atom. The third-order valence-corrected chi connectivity index (χ3v) is 7.30. The van der Waals surface area contributed by atoms with Crippen LogP contribution in [0.4, 0.5) is 11.4 Å². The number of aromatic nitrogens is 2. The number of hydrogen-bond acceptors (Lipinski definition) is 4. The molecule has 1 saturated heterocycles. The van der Waals surface area contributed by atoms with Crippen molar-refractivity contribution < 1.29 is 8.42 Å². The fraction of sp³-hybridized carbons (Fsp3) is 0.333. The number of hydrogen-bond donors (Lipinski definition) is 2. The highest BCUT2D eigenvalue weighted by Crippen LogP contribution is 2.43. The van der Waals surface area contributed by atoms with E-state index in [2.05, 4.69) is 42.8 Å². The first-order chi connectivity index (χ1) is 15.9. The molecule has 1 aliphatic heterocycles. The molecule has 2 fully saturated rings. The maximum absolute atomic E-state index is 11.6. The summed E-state index contributed by atoms with van der Waals surface area (Å²) in [6.07, 6.45) is 10.0. The van der Waals surface area contributed by atoms with Gasteiger partial charge in [0.05, 0.1) is 18.0 Å². The fourth-order valence-corrected chi connectivity index (χ4v) is 5.92. The summed E-state index contributed by atoms with van der Waals surface area (Å²) >= 11 is 5.82. The van der Waals surface area contributed by atoms with Gasteiger partial charge in [-0.15, -0.1) is 0 Å². The maximum Gasteiger partial charge on any atom is 0.229 e. The fourth-order valence-electron chi connectivity index (χ4n) is 5.01.